The van der Waals surface area contributed by atoms with Gasteiger partial charge >= 0.3 is 0 Å². The van der Waals surface area contributed by atoms with Crippen LogP contribution in [0.1, 0.15) is 15.9 Å². The molecule has 0 radical (unpaired) electrons. The van der Waals surface area contributed by atoms with Crippen LogP contribution < -0.4 is 26.8 Å². The van der Waals surface area contributed by atoms with E-state index in [-0.39, 0.29) is 25.7 Å². The molecule has 0 bridgehead atoms. The molecule has 0 aliphatic rings. The Balaban J connectivity index is 0.000000840. The molecular formula is C26H30N6O4. The van der Waals surface area contributed by atoms with Crippen LogP contribution >= 0.6 is 0 Å². The standard InChI is InChI=1S/C24H23N5O3.C2H7NO/c1-15-14-16(23(31)26-12-13-30)6-8-20(15)28-24-27-11-10-22(29-24)32-21-9-7-19(25)17-4-2-3-5-18(17)21;3-1-2-4/h2-11,14,30H,12-13,25H2,1H3,(H,26,31)(H,27,28,29);4H,1-3H2. The first-order valence-electron chi connectivity index (χ1n) is 11.3. The van der Waals surface area contributed by atoms with E-state index in [0.29, 0.717) is 35.4 Å². The van der Waals surface area contributed by atoms with Crippen molar-refractivity contribution in [1.29, 1.82) is 0 Å². The molecule has 4 aromatic rings. The van der Waals surface area contributed by atoms with Gasteiger partial charge in [0, 0.05) is 53.1 Å². The third-order valence-electron chi connectivity index (χ3n) is 5.02. The highest BCUT2D eigenvalue weighted by atomic mass is 16.5. The third-order valence-corrected chi connectivity index (χ3v) is 5.02. The normalized spacial score (nSPS) is 10.3. The molecule has 0 saturated carbocycles. The van der Waals surface area contributed by atoms with Crippen LogP contribution in [0.25, 0.3) is 10.8 Å². The van der Waals surface area contributed by atoms with E-state index in [1.807, 2.05) is 37.3 Å². The number of rotatable bonds is 8. The number of carbonyl (C=O) groups is 1. The predicted octanol–water partition coefficient (Wildman–Crippen LogP) is 2.72. The lowest BCUT2D eigenvalue weighted by Gasteiger charge is -2.12. The fourth-order valence-electron chi connectivity index (χ4n) is 3.29. The number of anilines is 3. The van der Waals surface area contributed by atoms with Crippen molar-refractivity contribution in [2.45, 2.75) is 6.92 Å². The third kappa shape index (κ3) is 6.89. The van der Waals surface area contributed by atoms with Gasteiger partial charge in [-0.1, -0.05) is 24.3 Å². The average molecular weight is 491 g/mol. The topological polar surface area (TPSA) is 169 Å². The molecule has 0 atom stereocenters. The fourth-order valence-corrected chi connectivity index (χ4v) is 3.29. The number of nitrogens with zero attached hydrogens (tertiary/aromatic N) is 2. The zero-order valence-electron chi connectivity index (χ0n) is 19.9. The van der Waals surface area contributed by atoms with E-state index in [1.54, 1.807) is 36.5 Å². The highest BCUT2D eigenvalue weighted by Crippen LogP contribution is 2.32. The Kier molecular flexibility index (Phi) is 9.52. The number of hydrogen-bond acceptors (Lipinski definition) is 9. The van der Waals surface area contributed by atoms with E-state index in [9.17, 15) is 4.79 Å². The van der Waals surface area contributed by atoms with E-state index in [4.69, 9.17) is 26.4 Å². The van der Waals surface area contributed by atoms with Crippen LogP contribution in [0.5, 0.6) is 11.6 Å². The number of aryl methyl sites for hydroxylation is 1. The molecule has 0 saturated heterocycles. The van der Waals surface area contributed by atoms with Gasteiger partial charge in [-0.25, -0.2) is 4.98 Å². The van der Waals surface area contributed by atoms with Gasteiger partial charge in [0.2, 0.25) is 11.8 Å². The van der Waals surface area contributed by atoms with Crippen LogP contribution in [0.4, 0.5) is 17.3 Å². The van der Waals surface area contributed by atoms with Gasteiger partial charge in [0.25, 0.3) is 5.91 Å². The van der Waals surface area contributed by atoms with Crippen molar-refractivity contribution in [2.24, 2.45) is 5.73 Å². The summed E-state index contributed by atoms with van der Waals surface area (Å²) < 4.78 is 6.02. The van der Waals surface area contributed by atoms with Crippen molar-refractivity contribution >= 4 is 34.0 Å². The molecule has 0 unspecified atom stereocenters. The van der Waals surface area contributed by atoms with Gasteiger partial charge in [0.1, 0.15) is 5.75 Å². The van der Waals surface area contributed by atoms with E-state index < -0.39 is 0 Å². The second-order valence-electron chi connectivity index (χ2n) is 7.67. The highest BCUT2D eigenvalue weighted by molar-refractivity contribution is 5.97. The van der Waals surface area contributed by atoms with Crippen molar-refractivity contribution in [2.75, 3.05) is 37.4 Å². The Hall–Kier alpha value is -4.25. The minimum absolute atomic E-state index is 0.0972. The van der Waals surface area contributed by atoms with Gasteiger partial charge in [-0.3, -0.25) is 4.79 Å². The molecule has 0 spiro atoms. The van der Waals surface area contributed by atoms with E-state index in [0.717, 1.165) is 22.0 Å². The quantitative estimate of drug-likeness (QED) is 0.203. The van der Waals surface area contributed by atoms with Crippen LogP contribution in [0.2, 0.25) is 0 Å². The predicted molar refractivity (Wildman–Crippen MR) is 140 cm³/mol. The van der Waals surface area contributed by atoms with Gasteiger partial charge in [0.15, 0.2) is 0 Å². The summed E-state index contributed by atoms with van der Waals surface area (Å²) in [5.74, 6) is 1.16. The molecule has 10 nitrogen and oxygen atoms in total. The van der Waals surface area contributed by atoms with E-state index >= 15 is 0 Å². The second-order valence-corrected chi connectivity index (χ2v) is 7.67. The minimum atomic E-state index is -0.240. The first kappa shape index (κ1) is 26.4. The highest BCUT2D eigenvalue weighted by Gasteiger charge is 2.10. The first-order valence-corrected chi connectivity index (χ1v) is 11.3. The average Bonchev–Trinajstić information content (AvgIpc) is 2.90. The zero-order chi connectivity index (χ0) is 25.9. The Morgan fingerprint density at radius 1 is 1.03 bits per heavy atom. The molecule has 1 aromatic heterocycles. The fraction of sp³-hybridized carbons (Fsp3) is 0.192. The molecule has 0 aliphatic heterocycles. The number of amides is 1. The number of nitrogens with two attached hydrogens (primary N) is 2. The number of fused-ring (bicyclic) bond motifs is 1. The number of aliphatic hydroxyl groups excluding tert-OH is 2. The lowest BCUT2D eigenvalue weighted by atomic mass is 10.1. The number of benzene rings is 3. The molecule has 8 N–H and O–H groups in total. The summed E-state index contributed by atoms with van der Waals surface area (Å²) in [7, 11) is 0. The second kappa shape index (κ2) is 13.0. The Morgan fingerprint density at radius 2 is 1.78 bits per heavy atom. The number of nitrogen functional groups attached to an aromatic ring is 1. The number of hydrogen-bond donors (Lipinski definition) is 6. The summed E-state index contributed by atoms with van der Waals surface area (Å²) in [6.45, 7) is 2.46. The maximum absolute atomic E-state index is 12.1. The Bertz CT molecular complexity index is 1310. The molecule has 4 rings (SSSR count). The smallest absolute Gasteiger partial charge is 0.251 e. The summed E-state index contributed by atoms with van der Waals surface area (Å²) >= 11 is 0. The number of aromatic nitrogens is 2. The summed E-state index contributed by atoms with van der Waals surface area (Å²) in [5.41, 5.74) is 13.6. The molecule has 3 aromatic carbocycles. The van der Waals surface area contributed by atoms with Crippen LogP contribution in [-0.4, -0.2) is 52.4 Å². The van der Waals surface area contributed by atoms with Crippen molar-refractivity contribution in [1.82, 2.24) is 15.3 Å². The van der Waals surface area contributed by atoms with Gasteiger partial charge in [0.05, 0.1) is 13.2 Å². The molecule has 10 heteroatoms. The lowest BCUT2D eigenvalue weighted by Crippen LogP contribution is -2.26. The Labute approximate surface area is 209 Å². The van der Waals surface area contributed by atoms with Crippen LogP contribution in [0, 0.1) is 6.92 Å². The number of nitrogens with one attached hydrogen (secondary N) is 2. The SMILES string of the molecule is Cc1cc(C(=O)NCCO)ccc1Nc1nccc(Oc2ccc(N)c3ccccc23)n1.NCCO. The van der Waals surface area contributed by atoms with Crippen molar-refractivity contribution in [3.63, 3.8) is 0 Å². The van der Waals surface area contributed by atoms with Crippen LogP contribution in [0.3, 0.4) is 0 Å². The molecule has 0 fully saturated rings. The molecule has 36 heavy (non-hydrogen) atoms. The van der Waals surface area contributed by atoms with Gasteiger partial charge in [-0.15, -0.1) is 0 Å². The molecule has 0 aliphatic carbocycles. The van der Waals surface area contributed by atoms with E-state index in [2.05, 4.69) is 20.6 Å². The van der Waals surface area contributed by atoms with Gasteiger partial charge in [-0.2, -0.15) is 4.98 Å². The summed E-state index contributed by atoms with van der Waals surface area (Å²) in [6, 6.07) is 18.3. The monoisotopic (exact) mass is 490 g/mol. The first-order chi connectivity index (χ1) is 17.5. The number of aliphatic hydroxyl groups is 2. The maximum Gasteiger partial charge on any atom is 0.251 e. The molecule has 1 heterocycles. The summed E-state index contributed by atoms with van der Waals surface area (Å²) in [6.07, 6.45) is 1.61. The summed E-state index contributed by atoms with van der Waals surface area (Å²) in [4.78, 5) is 20.8. The van der Waals surface area contributed by atoms with Crippen LogP contribution in [0.15, 0.2) is 66.9 Å². The van der Waals surface area contributed by atoms with Crippen molar-refractivity contribution in [3.8, 4) is 11.6 Å². The zero-order valence-corrected chi connectivity index (χ0v) is 19.9. The van der Waals surface area contributed by atoms with Gasteiger partial charge in [-0.05, 0) is 42.8 Å². The molecule has 1 amide bonds. The Morgan fingerprint density at radius 3 is 2.47 bits per heavy atom. The molecular weight excluding hydrogens is 460 g/mol. The number of ether oxygens (including phenoxy) is 1. The number of carbonyl (C=O) groups excluding carboxylic acids is 1. The maximum atomic E-state index is 12.1. The van der Waals surface area contributed by atoms with E-state index in [1.165, 1.54) is 0 Å². The van der Waals surface area contributed by atoms with Crippen LogP contribution in [-0.2, 0) is 0 Å². The minimum Gasteiger partial charge on any atom is -0.438 e. The lowest BCUT2D eigenvalue weighted by molar-refractivity contribution is 0.0944. The molecule has 188 valence electrons. The van der Waals surface area contributed by atoms with Gasteiger partial charge < -0.3 is 37.1 Å². The summed E-state index contributed by atoms with van der Waals surface area (Å²) in [5, 5.41) is 24.2. The largest absolute Gasteiger partial charge is 0.438 e. The van der Waals surface area contributed by atoms with Crippen molar-refractivity contribution < 1.29 is 19.7 Å². The van der Waals surface area contributed by atoms with Crippen molar-refractivity contribution in [3.05, 3.63) is 78.0 Å².